The van der Waals surface area contributed by atoms with Crippen molar-refractivity contribution in [3.05, 3.63) is 70.0 Å². The maximum atomic E-state index is 14.4. The number of hydrogen-bond acceptors (Lipinski definition) is 1. The number of fused-ring (bicyclic) bond motifs is 1. The van der Waals surface area contributed by atoms with Crippen LogP contribution in [0.3, 0.4) is 0 Å². The Morgan fingerprint density at radius 2 is 1.78 bits per heavy atom. The number of alkyl halides is 3. The molecule has 0 unspecified atom stereocenters. The third kappa shape index (κ3) is 5.13. The first-order valence-electron chi connectivity index (χ1n) is 8.74. The SMILES string of the molecule is CCCC1=Cc2cc(F)c(C#Cc3ccc(OC(F)(F)F)cc3)cc2CC1. The van der Waals surface area contributed by atoms with Crippen LogP contribution in [0.15, 0.2) is 42.0 Å². The lowest BCUT2D eigenvalue weighted by molar-refractivity contribution is -0.274. The van der Waals surface area contributed by atoms with Gasteiger partial charge < -0.3 is 4.74 Å². The van der Waals surface area contributed by atoms with E-state index in [0.717, 1.165) is 36.8 Å². The van der Waals surface area contributed by atoms with Crippen LogP contribution in [0.4, 0.5) is 17.6 Å². The molecule has 1 aliphatic rings. The highest BCUT2D eigenvalue weighted by Crippen LogP contribution is 2.28. The predicted molar refractivity (Wildman–Crippen MR) is 96.7 cm³/mol. The van der Waals surface area contributed by atoms with Crippen LogP contribution in [-0.4, -0.2) is 6.36 Å². The summed E-state index contributed by atoms with van der Waals surface area (Å²) in [6.07, 6.45) is 1.25. The Labute approximate surface area is 155 Å². The molecule has 0 heterocycles. The van der Waals surface area contributed by atoms with E-state index in [1.54, 1.807) is 6.07 Å². The molecule has 0 radical (unpaired) electrons. The van der Waals surface area contributed by atoms with E-state index in [9.17, 15) is 17.6 Å². The van der Waals surface area contributed by atoms with E-state index < -0.39 is 12.2 Å². The molecular formula is C22H18F4O. The summed E-state index contributed by atoms with van der Waals surface area (Å²) >= 11 is 0. The van der Waals surface area contributed by atoms with E-state index in [-0.39, 0.29) is 11.3 Å². The van der Waals surface area contributed by atoms with Crippen LogP contribution in [0.2, 0.25) is 0 Å². The fourth-order valence-electron chi connectivity index (χ4n) is 3.07. The minimum absolute atomic E-state index is 0.289. The summed E-state index contributed by atoms with van der Waals surface area (Å²) in [4.78, 5) is 0. The fourth-order valence-corrected chi connectivity index (χ4v) is 3.07. The van der Waals surface area contributed by atoms with Crippen molar-refractivity contribution in [2.75, 3.05) is 0 Å². The van der Waals surface area contributed by atoms with Gasteiger partial charge in [-0.15, -0.1) is 13.2 Å². The summed E-state index contributed by atoms with van der Waals surface area (Å²) in [5, 5.41) is 0. The highest BCUT2D eigenvalue weighted by molar-refractivity contribution is 5.62. The Kier molecular flexibility index (Phi) is 5.55. The van der Waals surface area contributed by atoms with Crippen molar-refractivity contribution in [3.63, 3.8) is 0 Å². The third-order valence-corrected chi connectivity index (χ3v) is 4.30. The normalized spacial score (nSPS) is 13.3. The van der Waals surface area contributed by atoms with Gasteiger partial charge in [-0.25, -0.2) is 4.39 Å². The van der Waals surface area contributed by atoms with Crippen LogP contribution >= 0.6 is 0 Å². The number of benzene rings is 2. The van der Waals surface area contributed by atoms with Gasteiger partial charge in [-0.05, 0) is 66.8 Å². The van der Waals surface area contributed by atoms with Gasteiger partial charge in [-0.1, -0.05) is 36.8 Å². The van der Waals surface area contributed by atoms with E-state index in [1.165, 1.54) is 35.9 Å². The molecule has 1 aliphatic carbocycles. The summed E-state index contributed by atoms with van der Waals surface area (Å²) in [5.41, 5.74) is 4.07. The largest absolute Gasteiger partial charge is 0.573 e. The number of allylic oxidation sites excluding steroid dienone is 1. The lowest BCUT2D eigenvalue weighted by atomic mass is 9.89. The molecule has 0 bridgehead atoms. The highest BCUT2D eigenvalue weighted by Gasteiger charge is 2.30. The van der Waals surface area contributed by atoms with Crippen molar-refractivity contribution in [3.8, 4) is 17.6 Å². The van der Waals surface area contributed by atoms with Crippen LogP contribution in [0.1, 0.15) is 48.4 Å². The molecule has 0 aromatic heterocycles. The van der Waals surface area contributed by atoms with Gasteiger partial charge >= 0.3 is 6.36 Å². The van der Waals surface area contributed by atoms with E-state index >= 15 is 0 Å². The van der Waals surface area contributed by atoms with Gasteiger partial charge in [0.05, 0.1) is 5.56 Å². The van der Waals surface area contributed by atoms with E-state index in [0.29, 0.717) is 5.56 Å². The van der Waals surface area contributed by atoms with E-state index in [1.807, 2.05) is 0 Å². The number of hydrogen-bond donors (Lipinski definition) is 0. The molecule has 1 nitrogen and oxygen atoms in total. The molecule has 0 amide bonds. The van der Waals surface area contributed by atoms with Gasteiger partial charge in [0.2, 0.25) is 0 Å². The fraction of sp³-hybridized carbons (Fsp3) is 0.273. The van der Waals surface area contributed by atoms with Gasteiger partial charge in [-0.2, -0.15) is 0 Å². The van der Waals surface area contributed by atoms with E-state index in [4.69, 9.17) is 0 Å². The first-order chi connectivity index (χ1) is 12.8. The summed E-state index contributed by atoms with van der Waals surface area (Å²) < 4.78 is 54.7. The number of aryl methyl sites for hydroxylation is 1. The molecule has 0 atom stereocenters. The van der Waals surface area contributed by atoms with Gasteiger partial charge in [-0.3, -0.25) is 0 Å². The molecule has 0 spiro atoms. The summed E-state index contributed by atoms with van der Waals surface area (Å²) in [6, 6.07) is 8.45. The van der Waals surface area contributed by atoms with Gasteiger partial charge in [0.15, 0.2) is 0 Å². The molecule has 0 saturated carbocycles. The minimum atomic E-state index is -4.73. The quantitative estimate of drug-likeness (QED) is 0.455. The Bertz CT molecular complexity index is 912. The number of halogens is 4. The Morgan fingerprint density at radius 3 is 2.44 bits per heavy atom. The Balaban J connectivity index is 1.80. The molecule has 5 heteroatoms. The second-order valence-corrected chi connectivity index (χ2v) is 6.41. The van der Waals surface area contributed by atoms with E-state index in [2.05, 4.69) is 29.6 Å². The lowest BCUT2D eigenvalue weighted by Gasteiger charge is -2.16. The number of rotatable bonds is 3. The Hall–Kier alpha value is -2.74. The zero-order valence-corrected chi connectivity index (χ0v) is 14.8. The minimum Gasteiger partial charge on any atom is -0.406 e. The second kappa shape index (κ2) is 7.87. The molecule has 140 valence electrons. The van der Waals surface area contributed by atoms with Crippen molar-refractivity contribution in [2.45, 2.75) is 39.0 Å². The van der Waals surface area contributed by atoms with Crippen molar-refractivity contribution in [1.82, 2.24) is 0 Å². The molecule has 27 heavy (non-hydrogen) atoms. The van der Waals surface area contributed by atoms with Crippen molar-refractivity contribution in [2.24, 2.45) is 0 Å². The molecule has 0 aliphatic heterocycles. The van der Waals surface area contributed by atoms with Crippen molar-refractivity contribution >= 4 is 6.08 Å². The predicted octanol–water partition coefficient (Wildman–Crippen LogP) is 6.25. The molecule has 2 aromatic rings. The molecule has 0 fully saturated rings. The zero-order chi connectivity index (χ0) is 19.4. The van der Waals surface area contributed by atoms with Gasteiger partial charge in [0.25, 0.3) is 0 Å². The zero-order valence-electron chi connectivity index (χ0n) is 14.8. The van der Waals surface area contributed by atoms with Crippen LogP contribution in [-0.2, 0) is 6.42 Å². The average Bonchev–Trinajstić information content (AvgIpc) is 2.60. The second-order valence-electron chi connectivity index (χ2n) is 6.41. The lowest BCUT2D eigenvalue weighted by Crippen LogP contribution is -2.16. The maximum Gasteiger partial charge on any atom is 0.573 e. The van der Waals surface area contributed by atoms with Gasteiger partial charge in [0.1, 0.15) is 11.6 Å². The van der Waals surface area contributed by atoms with Crippen LogP contribution in [0, 0.1) is 17.7 Å². The monoisotopic (exact) mass is 374 g/mol. The molecule has 0 saturated heterocycles. The van der Waals surface area contributed by atoms with Crippen molar-refractivity contribution < 1.29 is 22.3 Å². The molecule has 0 N–H and O–H groups in total. The average molecular weight is 374 g/mol. The highest BCUT2D eigenvalue weighted by atomic mass is 19.4. The van der Waals surface area contributed by atoms with Crippen LogP contribution < -0.4 is 4.74 Å². The molecule has 3 rings (SSSR count). The first kappa shape index (κ1) is 19.0. The first-order valence-corrected chi connectivity index (χ1v) is 8.74. The number of ether oxygens (including phenoxy) is 1. The summed E-state index contributed by atoms with van der Waals surface area (Å²) in [6.45, 7) is 2.12. The third-order valence-electron chi connectivity index (χ3n) is 4.30. The smallest absolute Gasteiger partial charge is 0.406 e. The molecule has 2 aromatic carbocycles. The van der Waals surface area contributed by atoms with Crippen molar-refractivity contribution in [1.29, 1.82) is 0 Å². The van der Waals surface area contributed by atoms with Crippen LogP contribution in [0.25, 0.3) is 6.08 Å². The maximum absolute atomic E-state index is 14.4. The van der Waals surface area contributed by atoms with Gasteiger partial charge in [0, 0.05) is 5.56 Å². The summed E-state index contributed by atoms with van der Waals surface area (Å²) in [5.74, 6) is 4.85. The molecular weight excluding hydrogens is 356 g/mol. The Morgan fingerprint density at radius 1 is 1.04 bits per heavy atom. The summed E-state index contributed by atoms with van der Waals surface area (Å²) in [7, 11) is 0. The standard InChI is InChI=1S/C22H18F4O/c1-2-3-16-5-8-17-13-18(21(23)14-19(17)12-16)9-4-15-6-10-20(11-7-15)27-22(24,25)26/h6-7,10-14H,2-3,5,8H2,1H3. The topological polar surface area (TPSA) is 9.23 Å². The van der Waals surface area contributed by atoms with Crippen LogP contribution in [0.5, 0.6) is 5.75 Å².